The van der Waals surface area contributed by atoms with Gasteiger partial charge in [-0.25, -0.2) is 0 Å². The Morgan fingerprint density at radius 2 is 1.86 bits per heavy atom. The zero-order chi connectivity index (χ0) is 10.4. The fourth-order valence-corrected chi connectivity index (χ4v) is 1.69. The lowest BCUT2D eigenvalue weighted by Gasteiger charge is -2.14. The highest BCUT2D eigenvalue weighted by Gasteiger charge is 2.65. The van der Waals surface area contributed by atoms with Crippen molar-refractivity contribution in [2.75, 3.05) is 0 Å². The largest absolute Gasteiger partial charge is 0.442 e. The van der Waals surface area contributed by atoms with Gasteiger partial charge in [-0.1, -0.05) is 12.1 Å². The Bertz CT molecular complexity index is 394. The fourth-order valence-electron chi connectivity index (χ4n) is 1.15. The molecule has 14 heavy (non-hydrogen) atoms. The van der Waals surface area contributed by atoms with Crippen LogP contribution < -0.4 is 0 Å². The van der Waals surface area contributed by atoms with Crippen LogP contribution in [0, 0.1) is 3.57 Å². The first-order chi connectivity index (χ1) is 6.46. The van der Waals surface area contributed by atoms with Crippen molar-refractivity contribution < 1.29 is 13.2 Å². The van der Waals surface area contributed by atoms with Gasteiger partial charge in [-0.15, -0.1) is 10.2 Å². The van der Waals surface area contributed by atoms with Crippen molar-refractivity contribution in [3.63, 3.8) is 0 Å². The van der Waals surface area contributed by atoms with Gasteiger partial charge in [0.15, 0.2) is 0 Å². The van der Waals surface area contributed by atoms with Crippen molar-refractivity contribution in [3.8, 4) is 0 Å². The third kappa shape index (κ3) is 1.41. The van der Waals surface area contributed by atoms with Crippen LogP contribution in [0.1, 0.15) is 5.56 Å². The molecule has 0 spiro atoms. The van der Waals surface area contributed by atoms with Crippen LogP contribution in [0.15, 0.2) is 34.5 Å². The lowest BCUT2D eigenvalue weighted by atomic mass is 10.0. The van der Waals surface area contributed by atoms with E-state index in [2.05, 4.69) is 10.2 Å². The topological polar surface area (TPSA) is 24.7 Å². The summed E-state index contributed by atoms with van der Waals surface area (Å²) < 4.78 is 38.3. The first kappa shape index (κ1) is 9.88. The molecule has 1 aliphatic heterocycles. The molecule has 2 nitrogen and oxygen atoms in total. The minimum atomic E-state index is -4.43. The van der Waals surface area contributed by atoms with Crippen LogP contribution in [0.4, 0.5) is 13.2 Å². The molecule has 2 rings (SSSR count). The normalized spacial score (nSPS) is 18.3. The van der Waals surface area contributed by atoms with E-state index in [0.717, 1.165) is 3.57 Å². The van der Waals surface area contributed by atoms with Crippen LogP contribution in [0.3, 0.4) is 0 Å². The smallest absolute Gasteiger partial charge is 0.166 e. The molecule has 0 bridgehead atoms. The summed E-state index contributed by atoms with van der Waals surface area (Å²) in [7, 11) is 0. The second kappa shape index (κ2) is 2.91. The van der Waals surface area contributed by atoms with E-state index in [1.165, 1.54) is 12.1 Å². The zero-order valence-corrected chi connectivity index (χ0v) is 8.87. The van der Waals surface area contributed by atoms with Crippen molar-refractivity contribution in [2.45, 2.75) is 11.8 Å². The van der Waals surface area contributed by atoms with Gasteiger partial charge < -0.3 is 0 Å². The SMILES string of the molecule is FC(F)(F)C1(c2cccc(I)c2)N=N1. The summed E-state index contributed by atoms with van der Waals surface area (Å²) in [6, 6.07) is 6.11. The molecule has 0 saturated carbocycles. The molecule has 6 heteroatoms. The Morgan fingerprint density at radius 1 is 1.21 bits per heavy atom. The summed E-state index contributed by atoms with van der Waals surface area (Å²) in [5.41, 5.74) is -2.20. The van der Waals surface area contributed by atoms with Gasteiger partial charge in [0.2, 0.25) is 0 Å². The molecule has 0 unspecified atom stereocenters. The van der Waals surface area contributed by atoms with Crippen LogP contribution in [-0.4, -0.2) is 6.18 Å². The molecular weight excluding hydrogens is 308 g/mol. The lowest BCUT2D eigenvalue weighted by molar-refractivity contribution is -0.166. The van der Waals surface area contributed by atoms with Gasteiger partial charge in [-0.2, -0.15) is 13.2 Å². The highest BCUT2D eigenvalue weighted by Crippen LogP contribution is 2.52. The molecule has 74 valence electrons. The van der Waals surface area contributed by atoms with Crippen molar-refractivity contribution in [1.29, 1.82) is 0 Å². The number of alkyl halides is 3. The Kier molecular flexibility index (Phi) is 2.06. The Morgan fingerprint density at radius 3 is 2.29 bits per heavy atom. The first-order valence-corrected chi connectivity index (χ1v) is 4.80. The molecule has 1 aliphatic rings. The van der Waals surface area contributed by atoms with Crippen LogP contribution in [0.5, 0.6) is 0 Å². The fraction of sp³-hybridized carbons (Fsp3) is 0.250. The summed E-state index contributed by atoms with van der Waals surface area (Å²) in [5, 5.41) is 6.23. The number of hydrogen-bond acceptors (Lipinski definition) is 2. The maximum absolute atomic E-state index is 12.5. The quantitative estimate of drug-likeness (QED) is 0.710. The molecule has 0 atom stereocenters. The summed E-state index contributed by atoms with van der Waals surface area (Å²) in [6.07, 6.45) is -4.43. The van der Waals surface area contributed by atoms with Crippen molar-refractivity contribution in [1.82, 2.24) is 0 Å². The number of benzene rings is 1. The van der Waals surface area contributed by atoms with E-state index in [0.29, 0.717) is 0 Å². The van der Waals surface area contributed by atoms with Crippen LogP contribution in [0.2, 0.25) is 0 Å². The van der Waals surface area contributed by atoms with E-state index in [-0.39, 0.29) is 5.56 Å². The molecule has 0 N–H and O–H groups in total. The molecule has 0 radical (unpaired) electrons. The van der Waals surface area contributed by atoms with Gasteiger partial charge >= 0.3 is 11.8 Å². The van der Waals surface area contributed by atoms with E-state index in [1.54, 1.807) is 12.1 Å². The Balaban J connectivity index is 2.41. The van der Waals surface area contributed by atoms with E-state index >= 15 is 0 Å². The summed E-state index contributed by atoms with van der Waals surface area (Å²) in [6.45, 7) is 0. The van der Waals surface area contributed by atoms with Gasteiger partial charge in [0.1, 0.15) is 0 Å². The number of nitrogens with zero attached hydrogens (tertiary/aromatic N) is 2. The molecule has 1 heterocycles. The minimum Gasteiger partial charge on any atom is -0.166 e. The van der Waals surface area contributed by atoms with Gasteiger partial charge in [0, 0.05) is 9.13 Å². The molecule has 1 aromatic rings. The molecule has 0 amide bonds. The van der Waals surface area contributed by atoms with Gasteiger partial charge in [0.25, 0.3) is 0 Å². The summed E-state index contributed by atoms with van der Waals surface area (Å²) in [5.74, 6) is 0. The second-order valence-corrected chi connectivity index (χ2v) is 4.13. The molecule has 0 aliphatic carbocycles. The van der Waals surface area contributed by atoms with E-state index in [4.69, 9.17) is 0 Å². The lowest BCUT2D eigenvalue weighted by Crippen LogP contribution is -2.30. The maximum atomic E-state index is 12.5. The summed E-state index contributed by atoms with van der Waals surface area (Å²) in [4.78, 5) is 0. The number of hydrogen-bond donors (Lipinski definition) is 0. The van der Waals surface area contributed by atoms with Gasteiger partial charge in [0.05, 0.1) is 0 Å². The third-order valence-electron chi connectivity index (χ3n) is 1.92. The van der Waals surface area contributed by atoms with Crippen LogP contribution >= 0.6 is 22.6 Å². The first-order valence-electron chi connectivity index (χ1n) is 3.72. The van der Waals surface area contributed by atoms with E-state index in [9.17, 15) is 13.2 Å². The van der Waals surface area contributed by atoms with Crippen molar-refractivity contribution in [3.05, 3.63) is 33.4 Å². The molecule has 0 aromatic heterocycles. The van der Waals surface area contributed by atoms with E-state index < -0.39 is 11.8 Å². The number of halogens is 4. The number of rotatable bonds is 1. The predicted octanol–water partition coefficient (Wildman–Crippen LogP) is 3.47. The second-order valence-electron chi connectivity index (χ2n) is 2.88. The standard InChI is InChI=1S/C8H4F3IN2/c9-8(10,11)7(13-14-7)5-2-1-3-6(12)4-5/h1-4H. The van der Waals surface area contributed by atoms with Gasteiger partial charge in [-0.05, 0) is 34.7 Å². The van der Waals surface area contributed by atoms with Gasteiger partial charge in [-0.3, -0.25) is 0 Å². The predicted molar refractivity (Wildman–Crippen MR) is 51.7 cm³/mol. The highest BCUT2D eigenvalue weighted by atomic mass is 127. The average Bonchev–Trinajstić information content (AvgIpc) is 2.82. The van der Waals surface area contributed by atoms with Crippen LogP contribution in [0.25, 0.3) is 0 Å². The summed E-state index contributed by atoms with van der Waals surface area (Å²) >= 11 is 1.95. The average molecular weight is 312 g/mol. The van der Waals surface area contributed by atoms with Crippen molar-refractivity contribution in [2.24, 2.45) is 10.2 Å². The monoisotopic (exact) mass is 312 g/mol. The Hall–Kier alpha value is -0.660. The zero-order valence-electron chi connectivity index (χ0n) is 6.72. The molecule has 0 saturated heterocycles. The minimum absolute atomic E-state index is 0.0805. The maximum Gasteiger partial charge on any atom is 0.442 e. The van der Waals surface area contributed by atoms with Crippen molar-refractivity contribution >= 4 is 22.6 Å². The van der Waals surface area contributed by atoms with E-state index in [1.807, 2.05) is 22.6 Å². The molecule has 0 fully saturated rings. The molecular formula is C8H4F3IN2. The Labute approximate surface area is 91.4 Å². The third-order valence-corrected chi connectivity index (χ3v) is 2.59. The van der Waals surface area contributed by atoms with Crippen LogP contribution in [-0.2, 0) is 5.66 Å². The molecule has 1 aromatic carbocycles. The highest BCUT2D eigenvalue weighted by molar-refractivity contribution is 14.1.